The van der Waals surface area contributed by atoms with E-state index in [1.165, 1.54) is 0 Å². The normalized spacial score (nSPS) is 14.2. The Labute approximate surface area is 117 Å². The van der Waals surface area contributed by atoms with Crippen LogP contribution in [-0.4, -0.2) is 34.5 Å². The van der Waals surface area contributed by atoms with Gasteiger partial charge in [-0.1, -0.05) is 11.6 Å². The van der Waals surface area contributed by atoms with Gasteiger partial charge in [-0.3, -0.25) is 9.59 Å². The van der Waals surface area contributed by atoms with E-state index < -0.39 is 5.97 Å². The highest BCUT2D eigenvalue weighted by Gasteiger charge is 2.33. The molecule has 0 heterocycles. The average Bonchev–Trinajstić information content (AvgIpc) is 3.13. The second-order valence-corrected chi connectivity index (χ2v) is 5.27. The van der Waals surface area contributed by atoms with Crippen LogP contribution >= 0.6 is 11.6 Å². The third kappa shape index (κ3) is 3.47. The fraction of sp³-hybridized carbons (Fsp3) is 0.429. The zero-order valence-corrected chi connectivity index (χ0v) is 11.5. The van der Waals surface area contributed by atoms with Gasteiger partial charge in [0.2, 0.25) is 0 Å². The molecule has 1 fully saturated rings. The van der Waals surface area contributed by atoms with Crippen LogP contribution in [0.25, 0.3) is 0 Å². The molecular weight excluding hydrogens is 266 g/mol. The molecule has 4 nitrogen and oxygen atoms in total. The predicted octanol–water partition coefficient (Wildman–Crippen LogP) is 2.73. The van der Waals surface area contributed by atoms with E-state index in [2.05, 4.69) is 0 Å². The summed E-state index contributed by atoms with van der Waals surface area (Å²) in [7, 11) is 0. The van der Waals surface area contributed by atoms with Crippen molar-refractivity contribution in [3.63, 3.8) is 0 Å². The summed E-state index contributed by atoms with van der Waals surface area (Å²) in [6.07, 6.45) is 1.89. The van der Waals surface area contributed by atoms with E-state index in [1.807, 2.05) is 6.92 Å². The zero-order valence-electron chi connectivity index (χ0n) is 10.7. The molecule has 102 valence electrons. The Bertz CT molecular complexity index is 511. The maximum absolute atomic E-state index is 12.5. The first kappa shape index (κ1) is 13.9. The number of carboxylic acids is 1. The molecule has 0 spiro atoms. The number of carbonyl (C=O) groups is 2. The van der Waals surface area contributed by atoms with Gasteiger partial charge in [0, 0.05) is 23.2 Å². The summed E-state index contributed by atoms with van der Waals surface area (Å²) >= 11 is 5.88. The number of hydrogen-bond donors (Lipinski definition) is 1. The lowest BCUT2D eigenvalue weighted by molar-refractivity contribution is -0.137. The van der Waals surface area contributed by atoms with Gasteiger partial charge in [-0.15, -0.1) is 0 Å². The third-order valence-corrected chi connectivity index (χ3v) is 3.47. The summed E-state index contributed by atoms with van der Waals surface area (Å²) in [5.74, 6) is -0.982. The molecule has 0 saturated heterocycles. The maximum Gasteiger partial charge on any atom is 0.305 e. The van der Waals surface area contributed by atoms with E-state index in [4.69, 9.17) is 16.7 Å². The largest absolute Gasteiger partial charge is 0.481 e. The SMILES string of the molecule is Cc1cc(Cl)ccc1C(=O)N(CCC(=O)O)C1CC1. The highest BCUT2D eigenvalue weighted by atomic mass is 35.5. The molecule has 5 heteroatoms. The molecule has 0 aromatic heterocycles. The van der Waals surface area contributed by atoms with Crippen molar-refractivity contribution in [2.45, 2.75) is 32.2 Å². The molecule has 1 aliphatic rings. The van der Waals surface area contributed by atoms with Gasteiger partial charge >= 0.3 is 5.97 Å². The van der Waals surface area contributed by atoms with Crippen molar-refractivity contribution in [2.24, 2.45) is 0 Å². The second-order valence-electron chi connectivity index (χ2n) is 4.83. The Morgan fingerprint density at radius 1 is 1.42 bits per heavy atom. The van der Waals surface area contributed by atoms with Crippen molar-refractivity contribution in [2.75, 3.05) is 6.54 Å². The van der Waals surface area contributed by atoms with Gasteiger partial charge in [0.1, 0.15) is 0 Å². The quantitative estimate of drug-likeness (QED) is 0.903. The Kier molecular flexibility index (Phi) is 4.10. The molecule has 1 aliphatic carbocycles. The fourth-order valence-corrected chi connectivity index (χ4v) is 2.30. The van der Waals surface area contributed by atoms with E-state index >= 15 is 0 Å². The van der Waals surface area contributed by atoms with Crippen LogP contribution in [0.4, 0.5) is 0 Å². The number of nitrogens with zero attached hydrogens (tertiary/aromatic N) is 1. The van der Waals surface area contributed by atoms with Crippen molar-refractivity contribution in [3.8, 4) is 0 Å². The van der Waals surface area contributed by atoms with Crippen LogP contribution < -0.4 is 0 Å². The smallest absolute Gasteiger partial charge is 0.305 e. The minimum Gasteiger partial charge on any atom is -0.481 e. The van der Waals surface area contributed by atoms with Gasteiger partial charge in [-0.2, -0.15) is 0 Å². The highest BCUT2D eigenvalue weighted by molar-refractivity contribution is 6.30. The van der Waals surface area contributed by atoms with E-state index in [9.17, 15) is 9.59 Å². The fourth-order valence-electron chi connectivity index (χ4n) is 2.07. The lowest BCUT2D eigenvalue weighted by Crippen LogP contribution is -2.35. The number of halogens is 1. The van der Waals surface area contributed by atoms with Crippen molar-refractivity contribution >= 4 is 23.5 Å². The lowest BCUT2D eigenvalue weighted by Gasteiger charge is -2.22. The number of hydrogen-bond acceptors (Lipinski definition) is 2. The molecule has 0 atom stereocenters. The van der Waals surface area contributed by atoms with Gasteiger partial charge in [-0.05, 0) is 43.5 Å². The van der Waals surface area contributed by atoms with Crippen LogP contribution in [0, 0.1) is 6.92 Å². The van der Waals surface area contributed by atoms with E-state index in [1.54, 1.807) is 23.1 Å². The number of carboxylic acid groups (broad SMARTS) is 1. The molecular formula is C14H16ClNO3. The zero-order chi connectivity index (χ0) is 14.0. The van der Waals surface area contributed by atoms with Crippen LogP contribution in [0.2, 0.25) is 5.02 Å². The van der Waals surface area contributed by atoms with Gasteiger partial charge in [0.15, 0.2) is 0 Å². The van der Waals surface area contributed by atoms with E-state index in [0.29, 0.717) is 10.6 Å². The lowest BCUT2D eigenvalue weighted by atomic mass is 10.1. The van der Waals surface area contributed by atoms with Crippen LogP contribution in [-0.2, 0) is 4.79 Å². The van der Waals surface area contributed by atoms with Crippen LogP contribution in [0.1, 0.15) is 35.2 Å². The molecule has 2 rings (SSSR count). The summed E-state index contributed by atoms with van der Waals surface area (Å²) in [6, 6.07) is 5.33. The van der Waals surface area contributed by atoms with Gasteiger partial charge in [0.25, 0.3) is 5.91 Å². The standard InChI is InChI=1S/C14H16ClNO3/c1-9-8-10(15)2-5-12(9)14(19)16(11-3-4-11)7-6-13(17)18/h2,5,8,11H,3-4,6-7H2,1H3,(H,17,18). The number of benzene rings is 1. The Morgan fingerprint density at radius 2 is 2.11 bits per heavy atom. The number of rotatable bonds is 5. The molecule has 0 radical (unpaired) electrons. The third-order valence-electron chi connectivity index (χ3n) is 3.23. The minimum absolute atomic E-state index is 0.0190. The molecule has 1 amide bonds. The molecule has 1 N–H and O–H groups in total. The van der Waals surface area contributed by atoms with Crippen molar-refractivity contribution in [3.05, 3.63) is 34.3 Å². The number of aryl methyl sites for hydroxylation is 1. The highest BCUT2D eigenvalue weighted by Crippen LogP contribution is 2.29. The summed E-state index contributed by atoms with van der Waals surface area (Å²) in [5.41, 5.74) is 1.42. The molecule has 0 bridgehead atoms. The molecule has 0 unspecified atom stereocenters. The summed E-state index contributed by atoms with van der Waals surface area (Å²) in [6.45, 7) is 2.10. The minimum atomic E-state index is -0.883. The van der Waals surface area contributed by atoms with Gasteiger partial charge in [0.05, 0.1) is 6.42 Å². The van der Waals surface area contributed by atoms with Crippen molar-refractivity contribution in [1.82, 2.24) is 4.90 Å². The number of aliphatic carboxylic acids is 1. The van der Waals surface area contributed by atoms with E-state index in [0.717, 1.165) is 18.4 Å². The maximum atomic E-state index is 12.5. The van der Waals surface area contributed by atoms with Crippen LogP contribution in [0.15, 0.2) is 18.2 Å². The van der Waals surface area contributed by atoms with Crippen LogP contribution in [0.3, 0.4) is 0 Å². The Morgan fingerprint density at radius 3 is 2.63 bits per heavy atom. The molecule has 1 aromatic rings. The number of amides is 1. The van der Waals surface area contributed by atoms with Gasteiger partial charge < -0.3 is 10.0 Å². The van der Waals surface area contributed by atoms with Crippen molar-refractivity contribution < 1.29 is 14.7 Å². The summed E-state index contributed by atoms with van der Waals surface area (Å²) < 4.78 is 0. The molecule has 19 heavy (non-hydrogen) atoms. The second kappa shape index (κ2) is 5.61. The first-order valence-corrected chi connectivity index (χ1v) is 6.65. The topological polar surface area (TPSA) is 57.6 Å². The monoisotopic (exact) mass is 281 g/mol. The number of carbonyl (C=O) groups excluding carboxylic acids is 1. The van der Waals surface area contributed by atoms with Crippen LogP contribution in [0.5, 0.6) is 0 Å². The Balaban J connectivity index is 2.16. The first-order chi connectivity index (χ1) is 8.99. The molecule has 1 saturated carbocycles. The summed E-state index contributed by atoms with van der Waals surface area (Å²) in [4.78, 5) is 24.8. The molecule has 1 aromatic carbocycles. The van der Waals surface area contributed by atoms with Crippen molar-refractivity contribution in [1.29, 1.82) is 0 Å². The predicted molar refractivity (Wildman–Crippen MR) is 72.5 cm³/mol. The summed E-state index contributed by atoms with van der Waals surface area (Å²) in [5, 5.41) is 9.35. The van der Waals surface area contributed by atoms with Gasteiger partial charge in [-0.25, -0.2) is 0 Å². The first-order valence-electron chi connectivity index (χ1n) is 6.28. The Hall–Kier alpha value is -1.55. The average molecular weight is 282 g/mol. The molecule has 0 aliphatic heterocycles. The van der Waals surface area contributed by atoms with E-state index in [-0.39, 0.29) is 24.9 Å².